The van der Waals surface area contributed by atoms with E-state index in [0.29, 0.717) is 13.1 Å². The summed E-state index contributed by atoms with van der Waals surface area (Å²) >= 11 is 0. The summed E-state index contributed by atoms with van der Waals surface area (Å²) in [5, 5.41) is 8.73. The molecule has 0 aromatic carbocycles. The van der Waals surface area contributed by atoms with Gasteiger partial charge in [0.1, 0.15) is 0 Å². The zero-order valence-corrected chi connectivity index (χ0v) is 9.49. The number of piperazine rings is 1. The Bertz CT molecular complexity index is 278. The van der Waals surface area contributed by atoms with Crippen LogP contribution in [0, 0.1) is 0 Å². The minimum absolute atomic E-state index is 0. The Hall–Kier alpha value is 1.05. The van der Waals surface area contributed by atoms with Crippen molar-refractivity contribution in [1.82, 2.24) is 9.80 Å². The third-order valence-corrected chi connectivity index (χ3v) is 3.25. The third kappa shape index (κ3) is 7.39. The molecule has 1 aliphatic rings. The van der Waals surface area contributed by atoms with E-state index in [2.05, 4.69) is 4.90 Å². The van der Waals surface area contributed by atoms with Gasteiger partial charge in [-0.3, -0.25) is 14.4 Å². The average molecular weight is 280 g/mol. The van der Waals surface area contributed by atoms with Crippen LogP contribution >= 0.6 is 0 Å². The predicted octanol–water partition coefficient (Wildman–Crippen LogP) is -2.43. The van der Waals surface area contributed by atoms with E-state index < -0.39 is 10.1 Å². The van der Waals surface area contributed by atoms with Gasteiger partial charge in [0.25, 0.3) is 10.1 Å². The minimum atomic E-state index is -3.84. The molecule has 1 rings (SSSR count). The SMILES string of the molecule is O=S(=O)(O)CCN1CCN(CCO)CC1.[CaH2]. The van der Waals surface area contributed by atoms with Gasteiger partial charge in [0.15, 0.2) is 0 Å². The van der Waals surface area contributed by atoms with Crippen molar-refractivity contribution in [1.29, 1.82) is 0 Å². The standard InChI is InChI=1S/C8H18N2O4S.Ca.2H/c11-7-5-9-1-3-10(4-2-9)6-8-15(12,13)14;;;/h11H,1-8H2,(H,12,13,14);;;. The van der Waals surface area contributed by atoms with Crippen molar-refractivity contribution in [3.63, 3.8) is 0 Å². The summed E-state index contributed by atoms with van der Waals surface area (Å²) in [4.78, 5) is 4.13. The quantitative estimate of drug-likeness (QED) is 0.430. The number of aliphatic hydroxyl groups is 1. The summed E-state index contributed by atoms with van der Waals surface area (Å²) in [5.74, 6) is -0.201. The van der Waals surface area contributed by atoms with Crippen LogP contribution < -0.4 is 0 Å². The van der Waals surface area contributed by atoms with Gasteiger partial charge in [-0.2, -0.15) is 8.42 Å². The summed E-state index contributed by atoms with van der Waals surface area (Å²) in [5.41, 5.74) is 0. The van der Waals surface area contributed by atoms with E-state index in [9.17, 15) is 8.42 Å². The number of hydrogen-bond acceptors (Lipinski definition) is 5. The number of hydrogen-bond donors (Lipinski definition) is 2. The van der Waals surface area contributed by atoms with Crippen LogP contribution in [-0.2, 0) is 10.1 Å². The molecule has 1 saturated heterocycles. The van der Waals surface area contributed by atoms with Crippen molar-refractivity contribution in [3.05, 3.63) is 0 Å². The van der Waals surface area contributed by atoms with Crippen LogP contribution in [-0.4, -0.2) is 117 Å². The van der Waals surface area contributed by atoms with Gasteiger partial charge in [-0.25, -0.2) is 0 Å². The molecule has 0 atom stereocenters. The first-order valence-corrected chi connectivity index (χ1v) is 6.63. The van der Waals surface area contributed by atoms with Gasteiger partial charge < -0.3 is 5.11 Å². The Morgan fingerprint density at radius 1 is 1.00 bits per heavy atom. The fraction of sp³-hybridized carbons (Fsp3) is 1.00. The van der Waals surface area contributed by atoms with E-state index >= 15 is 0 Å². The Labute approximate surface area is 126 Å². The first-order chi connectivity index (χ1) is 7.01. The number of nitrogens with zero attached hydrogens (tertiary/aromatic N) is 2. The second-order valence-corrected chi connectivity index (χ2v) is 5.27. The summed E-state index contributed by atoms with van der Waals surface area (Å²) in [6.45, 7) is 4.46. The Balaban J connectivity index is 0.00000225. The molecule has 0 unspecified atom stereocenters. The third-order valence-electron chi connectivity index (χ3n) is 2.55. The van der Waals surface area contributed by atoms with E-state index in [0.717, 1.165) is 26.2 Å². The van der Waals surface area contributed by atoms with Crippen LogP contribution in [0.1, 0.15) is 0 Å². The van der Waals surface area contributed by atoms with Crippen LogP contribution in [0.25, 0.3) is 0 Å². The van der Waals surface area contributed by atoms with Crippen LogP contribution in [0.4, 0.5) is 0 Å². The molecule has 0 aromatic heterocycles. The molecule has 1 fully saturated rings. The fourth-order valence-electron chi connectivity index (χ4n) is 1.62. The molecule has 0 bridgehead atoms. The van der Waals surface area contributed by atoms with Crippen molar-refractivity contribution >= 4 is 47.9 Å². The van der Waals surface area contributed by atoms with Gasteiger partial charge in [-0.1, -0.05) is 0 Å². The summed E-state index contributed by atoms with van der Waals surface area (Å²) in [7, 11) is -3.84. The van der Waals surface area contributed by atoms with Crippen molar-refractivity contribution in [2.45, 2.75) is 0 Å². The first kappa shape index (κ1) is 17.0. The number of aliphatic hydroxyl groups excluding tert-OH is 1. The molecule has 1 heterocycles. The average Bonchev–Trinajstić information content (AvgIpc) is 2.16. The topological polar surface area (TPSA) is 81.1 Å². The Kier molecular flexibility index (Phi) is 8.74. The van der Waals surface area contributed by atoms with E-state index in [1.165, 1.54) is 0 Å². The number of rotatable bonds is 5. The van der Waals surface area contributed by atoms with E-state index in [4.69, 9.17) is 9.66 Å². The van der Waals surface area contributed by atoms with Gasteiger partial charge in [0.05, 0.1) is 12.4 Å². The molecule has 1 aliphatic heterocycles. The van der Waals surface area contributed by atoms with Crippen LogP contribution in [0.2, 0.25) is 0 Å². The zero-order chi connectivity index (χ0) is 11.3. The summed E-state index contributed by atoms with van der Waals surface area (Å²) in [6, 6.07) is 0. The van der Waals surface area contributed by atoms with Crippen molar-refractivity contribution in [2.75, 3.05) is 51.6 Å². The maximum absolute atomic E-state index is 10.5. The molecule has 0 saturated carbocycles. The van der Waals surface area contributed by atoms with Crippen LogP contribution in [0.15, 0.2) is 0 Å². The number of β-amino-alcohol motifs (C(OH)–C–C–N with tert-alkyl or cyclic N) is 1. The molecule has 94 valence electrons. The normalized spacial score (nSPS) is 19.4. The zero-order valence-electron chi connectivity index (χ0n) is 8.67. The summed E-state index contributed by atoms with van der Waals surface area (Å²) < 4.78 is 29.6. The molecule has 0 aliphatic carbocycles. The van der Waals surface area contributed by atoms with Gasteiger partial charge in [-0.15, -0.1) is 0 Å². The monoisotopic (exact) mass is 280 g/mol. The van der Waals surface area contributed by atoms with Gasteiger partial charge in [-0.05, 0) is 0 Å². The molecule has 16 heavy (non-hydrogen) atoms. The molecule has 0 radical (unpaired) electrons. The molecule has 6 nitrogen and oxygen atoms in total. The Morgan fingerprint density at radius 3 is 1.81 bits per heavy atom. The van der Waals surface area contributed by atoms with Gasteiger partial charge in [0.2, 0.25) is 0 Å². The first-order valence-electron chi connectivity index (χ1n) is 5.02. The van der Waals surface area contributed by atoms with Crippen molar-refractivity contribution in [2.24, 2.45) is 0 Å². The van der Waals surface area contributed by atoms with E-state index in [1.54, 1.807) is 0 Å². The fourth-order valence-corrected chi connectivity index (χ4v) is 2.11. The van der Waals surface area contributed by atoms with Crippen molar-refractivity contribution < 1.29 is 18.1 Å². The van der Waals surface area contributed by atoms with Gasteiger partial charge >= 0.3 is 37.7 Å². The molecule has 0 aromatic rings. The van der Waals surface area contributed by atoms with Gasteiger partial charge in [0, 0.05) is 39.3 Å². The van der Waals surface area contributed by atoms with Crippen LogP contribution in [0.5, 0.6) is 0 Å². The second kappa shape index (κ2) is 8.20. The van der Waals surface area contributed by atoms with E-state index in [-0.39, 0.29) is 50.1 Å². The van der Waals surface area contributed by atoms with Crippen molar-refractivity contribution in [3.8, 4) is 0 Å². The van der Waals surface area contributed by atoms with E-state index in [1.807, 2.05) is 4.90 Å². The molecular formula is C8H20CaN2O4S. The molecule has 2 N–H and O–H groups in total. The Morgan fingerprint density at radius 2 is 1.44 bits per heavy atom. The second-order valence-electron chi connectivity index (χ2n) is 3.69. The molecular weight excluding hydrogens is 260 g/mol. The maximum atomic E-state index is 10.5. The molecule has 0 spiro atoms. The van der Waals surface area contributed by atoms with Crippen LogP contribution in [0.3, 0.4) is 0 Å². The molecule has 0 amide bonds. The molecule has 8 heteroatoms. The summed E-state index contributed by atoms with van der Waals surface area (Å²) in [6.07, 6.45) is 0. The predicted molar refractivity (Wildman–Crippen MR) is 64.9 cm³/mol.